The van der Waals surface area contributed by atoms with Gasteiger partial charge in [0.25, 0.3) is 0 Å². The lowest BCUT2D eigenvalue weighted by atomic mass is 10.00. The summed E-state index contributed by atoms with van der Waals surface area (Å²) >= 11 is 0. The Labute approximate surface area is 79.1 Å². The van der Waals surface area contributed by atoms with Gasteiger partial charge in [-0.1, -0.05) is 0 Å². The number of benzene rings is 1. The molecule has 0 fully saturated rings. The number of ether oxygens (including phenoxy) is 1. The third-order valence-electron chi connectivity index (χ3n) is 2.24. The number of hydrogen-bond acceptors (Lipinski definition) is 3. The lowest BCUT2D eigenvalue weighted by molar-refractivity contribution is 0.245. The summed E-state index contributed by atoms with van der Waals surface area (Å²) in [5, 5.41) is 9.37. The molecule has 1 unspecified atom stereocenters. The molecule has 5 heteroatoms. The van der Waals surface area contributed by atoms with E-state index >= 15 is 0 Å². The van der Waals surface area contributed by atoms with Gasteiger partial charge in [0.05, 0.1) is 12.2 Å². The third kappa shape index (κ3) is 1.21. The molecule has 0 aliphatic carbocycles. The van der Waals surface area contributed by atoms with Crippen LogP contribution in [0.1, 0.15) is 18.0 Å². The summed E-state index contributed by atoms with van der Waals surface area (Å²) in [6.07, 6.45) is 0.478. The van der Waals surface area contributed by atoms with E-state index < -0.39 is 17.7 Å². The summed E-state index contributed by atoms with van der Waals surface area (Å²) in [5.74, 6) is -2.84. The second-order valence-corrected chi connectivity index (χ2v) is 3.18. The zero-order valence-electron chi connectivity index (χ0n) is 7.26. The minimum atomic E-state index is -1.13. The summed E-state index contributed by atoms with van der Waals surface area (Å²) in [5.41, 5.74) is 5.79. The quantitative estimate of drug-likeness (QED) is 0.668. The maximum absolute atomic E-state index is 13.2. The van der Waals surface area contributed by atoms with Crippen molar-refractivity contribution in [2.75, 3.05) is 6.61 Å². The topological polar surface area (TPSA) is 55.5 Å². The van der Waals surface area contributed by atoms with Crippen LogP contribution in [-0.4, -0.2) is 11.7 Å². The van der Waals surface area contributed by atoms with E-state index in [0.717, 1.165) is 0 Å². The molecule has 1 aliphatic rings. The Morgan fingerprint density at radius 1 is 1.50 bits per heavy atom. The van der Waals surface area contributed by atoms with Crippen molar-refractivity contribution in [3.63, 3.8) is 0 Å². The van der Waals surface area contributed by atoms with Crippen molar-refractivity contribution in [2.45, 2.75) is 12.5 Å². The zero-order chi connectivity index (χ0) is 10.3. The highest BCUT2D eigenvalue weighted by molar-refractivity contribution is 5.48. The maximum Gasteiger partial charge on any atom is 0.201 e. The maximum atomic E-state index is 13.2. The summed E-state index contributed by atoms with van der Waals surface area (Å²) in [6.45, 7) is 0.230. The van der Waals surface area contributed by atoms with Crippen LogP contribution in [0.4, 0.5) is 8.78 Å². The first-order valence-electron chi connectivity index (χ1n) is 4.20. The van der Waals surface area contributed by atoms with E-state index in [2.05, 4.69) is 0 Å². The highest BCUT2D eigenvalue weighted by Crippen LogP contribution is 2.40. The van der Waals surface area contributed by atoms with Gasteiger partial charge < -0.3 is 15.6 Å². The first kappa shape index (κ1) is 9.21. The zero-order valence-corrected chi connectivity index (χ0v) is 7.26. The molecular formula is C9H9F2NO2. The Morgan fingerprint density at radius 2 is 2.21 bits per heavy atom. The van der Waals surface area contributed by atoms with Crippen LogP contribution in [0.3, 0.4) is 0 Å². The second kappa shape index (κ2) is 3.09. The van der Waals surface area contributed by atoms with E-state index in [0.29, 0.717) is 12.5 Å². The first-order chi connectivity index (χ1) is 6.61. The van der Waals surface area contributed by atoms with Gasteiger partial charge in [-0.25, -0.2) is 4.39 Å². The SMILES string of the molecule is NC1CCOc2c(F)c(F)cc(O)c21. The van der Waals surface area contributed by atoms with Crippen LogP contribution in [-0.2, 0) is 0 Å². The van der Waals surface area contributed by atoms with Gasteiger partial charge in [-0.15, -0.1) is 0 Å². The Morgan fingerprint density at radius 3 is 2.93 bits per heavy atom. The van der Waals surface area contributed by atoms with E-state index in [1.54, 1.807) is 0 Å². The highest BCUT2D eigenvalue weighted by atomic mass is 19.2. The lowest BCUT2D eigenvalue weighted by Crippen LogP contribution is -2.22. The molecule has 0 aromatic heterocycles. The Bertz CT molecular complexity index is 382. The van der Waals surface area contributed by atoms with Gasteiger partial charge in [0, 0.05) is 18.5 Å². The fourth-order valence-corrected chi connectivity index (χ4v) is 1.54. The second-order valence-electron chi connectivity index (χ2n) is 3.18. The van der Waals surface area contributed by atoms with E-state index in [4.69, 9.17) is 10.5 Å². The van der Waals surface area contributed by atoms with Crippen LogP contribution >= 0.6 is 0 Å². The van der Waals surface area contributed by atoms with Gasteiger partial charge in [-0.05, 0) is 0 Å². The molecule has 2 rings (SSSR count). The average molecular weight is 201 g/mol. The predicted molar refractivity (Wildman–Crippen MR) is 45.1 cm³/mol. The average Bonchev–Trinajstić information content (AvgIpc) is 2.14. The molecule has 0 amide bonds. The van der Waals surface area contributed by atoms with Crippen LogP contribution < -0.4 is 10.5 Å². The van der Waals surface area contributed by atoms with E-state index in [9.17, 15) is 13.9 Å². The molecule has 3 nitrogen and oxygen atoms in total. The molecule has 1 atom stereocenters. The molecule has 76 valence electrons. The third-order valence-corrected chi connectivity index (χ3v) is 2.24. The predicted octanol–water partition coefficient (Wildman–Crippen LogP) is 1.45. The molecule has 1 aromatic carbocycles. The lowest BCUT2D eigenvalue weighted by Gasteiger charge is -2.24. The van der Waals surface area contributed by atoms with E-state index in [1.165, 1.54) is 0 Å². The Hall–Kier alpha value is -1.36. The van der Waals surface area contributed by atoms with Gasteiger partial charge in [0.1, 0.15) is 5.75 Å². The Kier molecular flexibility index (Phi) is 2.03. The minimum Gasteiger partial charge on any atom is -0.507 e. The van der Waals surface area contributed by atoms with Gasteiger partial charge in [-0.2, -0.15) is 4.39 Å². The van der Waals surface area contributed by atoms with Crippen molar-refractivity contribution in [3.05, 3.63) is 23.3 Å². The number of phenolic OH excluding ortho intramolecular Hbond substituents is 1. The van der Waals surface area contributed by atoms with Crippen molar-refractivity contribution in [3.8, 4) is 11.5 Å². The highest BCUT2D eigenvalue weighted by Gasteiger charge is 2.27. The van der Waals surface area contributed by atoms with Gasteiger partial charge in [-0.3, -0.25) is 0 Å². The number of aromatic hydroxyl groups is 1. The van der Waals surface area contributed by atoms with Crippen LogP contribution in [0.2, 0.25) is 0 Å². The molecule has 0 spiro atoms. The summed E-state index contributed by atoms with van der Waals surface area (Å²) in [6, 6.07) is 0.205. The molecule has 1 heterocycles. The smallest absolute Gasteiger partial charge is 0.201 e. The summed E-state index contributed by atoms with van der Waals surface area (Å²) < 4.78 is 30.9. The molecule has 1 aromatic rings. The molecule has 0 radical (unpaired) electrons. The van der Waals surface area contributed by atoms with Gasteiger partial charge >= 0.3 is 0 Å². The van der Waals surface area contributed by atoms with Crippen molar-refractivity contribution in [1.82, 2.24) is 0 Å². The normalized spacial score (nSPS) is 20.1. The molecule has 0 saturated carbocycles. The van der Waals surface area contributed by atoms with E-state index in [-0.39, 0.29) is 23.7 Å². The van der Waals surface area contributed by atoms with Gasteiger partial charge in [0.2, 0.25) is 5.82 Å². The fourth-order valence-electron chi connectivity index (χ4n) is 1.54. The van der Waals surface area contributed by atoms with Crippen molar-refractivity contribution < 1.29 is 18.6 Å². The van der Waals surface area contributed by atoms with Crippen LogP contribution in [0.15, 0.2) is 6.07 Å². The summed E-state index contributed by atoms with van der Waals surface area (Å²) in [7, 11) is 0. The first-order valence-corrected chi connectivity index (χ1v) is 4.20. The number of halogens is 2. The molecule has 3 N–H and O–H groups in total. The minimum absolute atomic E-state index is 0.148. The number of fused-ring (bicyclic) bond motifs is 1. The van der Waals surface area contributed by atoms with Crippen molar-refractivity contribution >= 4 is 0 Å². The molecule has 14 heavy (non-hydrogen) atoms. The number of rotatable bonds is 0. The van der Waals surface area contributed by atoms with Crippen molar-refractivity contribution in [2.24, 2.45) is 5.73 Å². The monoisotopic (exact) mass is 201 g/mol. The molecular weight excluding hydrogens is 192 g/mol. The van der Waals surface area contributed by atoms with Crippen LogP contribution in [0, 0.1) is 11.6 Å². The van der Waals surface area contributed by atoms with Crippen LogP contribution in [0.5, 0.6) is 11.5 Å². The fraction of sp³-hybridized carbons (Fsp3) is 0.333. The standard InChI is InChI=1S/C9H9F2NO2/c10-4-3-6(13)7-5(12)1-2-14-9(7)8(4)11/h3,5,13H,1-2,12H2. The largest absolute Gasteiger partial charge is 0.507 e. The van der Waals surface area contributed by atoms with E-state index in [1.807, 2.05) is 0 Å². The molecule has 1 aliphatic heterocycles. The van der Waals surface area contributed by atoms with Crippen molar-refractivity contribution in [1.29, 1.82) is 0 Å². The molecule has 0 saturated heterocycles. The number of phenols is 1. The number of nitrogens with two attached hydrogens (primary N) is 1. The number of hydrogen-bond donors (Lipinski definition) is 2. The molecule has 0 bridgehead atoms. The van der Waals surface area contributed by atoms with Gasteiger partial charge in [0.15, 0.2) is 11.6 Å². The Balaban J connectivity index is 2.66. The van der Waals surface area contributed by atoms with Crippen LogP contribution in [0.25, 0.3) is 0 Å². The summed E-state index contributed by atoms with van der Waals surface area (Å²) in [4.78, 5) is 0.